The van der Waals surface area contributed by atoms with Gasteiger partial charge >= 0.3 is 12.1 Å². The maximum Gasteiger partial charge on any atom is 0.416 e. The summed E-state index contributed by atoms with van der Waals surface area (Å²) in [4.78, 5) is 29.6. The first-order chi connectivity index (χ1) is 21.5. The third-order valence-corrected chi connectivity index (χ3v) is 8.76. The molecule has 0 radical (unpaired) electrons. The van der Waals surface area contributed by atoms with E-state index in [0.29, 0.717) is 23.0 Å². The van der Waals surface area contributed by atoms with Crippen LogP contribution in [0.2, 0.25) is 5.02 Å². The van der Waals surface area contributed by atoms with Crippen LogP contribution in [0.15, 0.2) is 84.0 Å². The fraction of sp³-hybridized carbons (Fsp3) is 0.219. The van der Waals surface area contributed by atoms with E-state index < -0.39 is 12.1 Å². The van der Waals surface area contributed by atoms with E-state index in [1.54, 1.807) is 39.7 Å². The highest BCUT2D eigenvalue weighted by Crippen LogP contribution is 2.49. The van der Waals surface area contributed by atoms with E-state index in [4.69, 9.17) is 21.1 Å². The Morgan fingerprint density at radius 2 is 1.78 bits per heavy atom. The van der Waals surface area contributed by atoms with Gasteiger partial charge in [-0.15, -0.1) is 0 Å². The van der Waals surface area contributed by atoms with Crippen LogP contribution in [0, 0.1) is 0 Å². The topological polar surface area (TPSA) is 121 Å². The number of urea groups is 1. The molecule has 13 heteroatoms. The van der Waals surface area contributed by atoms with Crippen molar-refractivity contribution in [2.24, 2.45) is 0 Å². The summed E-state index contributed by atoms with van der Waals surface area (Å²) < 4.78 is 12.6. The second-order valence-corrected chi connectivity index (χ2v) is 12.9. The second-order valence-electron chi connectivity index (χ2n) is 11.4. The number of anilines is 2. The van der Waals surface area contributed by atoms with Crippen LogP contribution in [0.25, 0.3) is 5.69 Å². The summed E-state index contributed by atoms with van der Waals surface area (Å²) in [5.41, 5.74) is 2.71. The smallest absolute Gasteiger partial charge is 0.416 e. The minimum absolute atomic E-state index is 0.0372. The predicted molar refractivity (Wildman–Crippen MR) is 173 cm³/mol. The number of amides is 3. The van der Waals surface area contributed by atoms with Crippen molar-refractivity contribution in [1.29, 1.82) is 0 Å². The van der Waals surface area contributed by atoms with Gasteiger partial charge in [-0.05, 0) is 48.0 Å². The normalized spacial score (nSPS) is 15.1. The van der Waals surface area contributed by atoms with Gasteiger partial charge in [0.1, 0.15) is 23.1 Å². The number of thioether (sulfide) groups is 1. The number of phenols is 1. The Hall–Kier alpha value is -4.81. The largest absolute Gasteiger partial charge is 0.506 e. The molecule has 0 aliphatic carbocycles. The number of nitrogens with one attached hydrogen (secondary N) is 2. The monoisotopic (exact) mass is 646 g/mol. The molecule has 0 saturated carbocycles. The number of fused-ring (bicyclic) bond motifs is 3. The lowest BCUT2D eigenvalue weighted by molar-refractivity contribution is 0.140. The molecule has 4 aromatic rings. The van der Waals surface area contributed by atoms with Gasteiger partial charge in [-0.1, -0.05) is 56.3 Å². The highest BCUT2D eigenvalue weighted by molar-refractivity contribution is 8.00. The quantitative estimate of drug-likeness (QED) is 0.198. The number of benzene rings is 3. The predicted octanol–water partition coefficient (Wildman–Crippen LogP) is 7.39. The average Bonchev–Trinajstić information content (AvgIpc) is 3.72. The zero-order valence-corrected chi connectivity index (χ0v) is 26.5. The van der Waals surface area contributed by atoms with E-state index in [-0.39, 0.29) is 28.2 Å². The molecule has 1 aromatic heterocycles. The molecule has 2 aliphatic rings. The summed E-state index contributed by atoms with van der Waals surface area (Å²) in [6, 6.07) is 19.4. The molecule has 3 N–H and O–H groups in total. The maximum absolute atomic E-state index is 12.9. The average molecular weight is 647 g/mol. The maximum atomic E-state index is 12.9. The molecule has 11 nitrogen and oxygen atoms in total. The van der Waals surface area contributed by atoms with E-state index in [1.807, 2.05) is 80.4 Å². The Bertz CT molecular complexity index is 1800. The lowest BCUT2D eigenvalue weighted by Crippen LogP contribution is -2.36. The third kappa shape index (κ3) is 6.24. The Kier molecular flexibility index (Phi) is 8.02. The van der Waals surface area contributed by atoms with Gasteiger partial charge in [0.15, 0.2) is 5.50 Å². The van der Waals surface area contributed by atoms with Crippen molar-refractivity contribution in [1.82, 2.24) is 20.0 Å². The molecule has 3 amide bonds. The number of hydrogen-bond acceptors (Lipinski definition) is 8. The van der Waals surface area contributed by atoms with Gasteiger partial charge in [0, 0.05) is 41.4 Å². The fourth-order valence-electron chi connectivity index (χ4n) is 4.79. The van der Waals surface area contributed by atoms with Crippen molar-refractivity contribution >= 4 is 47.0 Å². The van der Waals surface area contributed by atoms with Crippen LogP contribution in [0.1, 0.15) is 32.0 Å². The van der Waals surface area contributed by atoms with E-state index in [0.717, 1.165) is 21.8 Å². The molecule has 0 saturated heterocycles. The van der Waals surface area contributed by atoms with Crippen LogP contribution in [0.5, 0.6) is 17.2 Å². The summed E-state index contributed by atoms with van der Waals surface area (Å²) in [6.45, 7) is 6.38. The Labute approximate surface area is 269 Å². The van der Waals surface area contributed by atoms with E-state index >= 15 is 0 Å². The van der Waals surface area contributed by atoms with Crippen molar-refractivity contribution in [2.75, 3.05) is 17.3 Å². The van der Waals surface area contributed by atoms with Gasteiger partial charge in [-0.2, -0.15) is 5.10 Å². The number of methoxy groups -OCH3 is 1. The first kappa shape index (κ1) is 30.2. The number of nitrogens with zero attached hydrogens (tertiary/aromatic N) is 4. The second kappa shape index (κ2) is 11.9. The molecule has 45 heavy (non-hydrogen) atoms. The van der Waals surface area contributed by atoms with Gasteiger partial charge in [0.05, 0.1) is 29.2 Å². The van der Waals surface area contributed by atoms with Crippen LogP contribution in [0.3, 0.4) is 0 Å². The summed E-state index contributed by atoms with van der Waals surface area (Å²) >= 11 is 7.69. The van der Waals surface area contributed by atoms with Gasteiger partial charge in [-0.25, -0.2) is 14.3 Å². The zero-order valence-electron chi connectivity index (χ0n) is 24.9. The van der Waals surface area contributed by atoms with Crippen molar-refractivity contribution in [3.63, 3.8) is 0 Å². The number of rotatable bonds is 6. The number of carbonyl (C=O) groups excluding carboxylic acids is 2. The first-order valence-corrected chi connectivity index (χ1v) is 15.3. The molecular formula is C32H31ClN6O5S. The molecule has 0 bridgehead atoms. The molecule has 6 rings (SSSR count). The number of aromatic hydroxyl groups is 1. The van der Waals surface area contributed by atoms with Gasteiger partial charge in [0.2, 0.25) is 0 Å². The minimum Gasteiger partial charge on any atom is -0.506 e. The van der Waals surface area contributed by atoms with Crippen LogP contribution in [-0.2, 0) is 16.7 Å². The molecule has 3 heterocycles. The summed E-state index contributed by atoms with van der Waals surface area (Å²) in [5.74, 6) is 1.73. The lowest BCUT2D eigenvalue weighted by atomic mass is 9.92. The van der Waals surface area contributed by atoms with Crippen LogP contribution in [0.4, 0.5) is 21.1 Å². The summed E-state index contributed by atoms with van der Waals surface area (Å²) in [7, 11) is 1.37. The summed E-state index contributed by atoms with van der Waals surface area (Å²) in [6.07, 6.45) is 3.14. The number of phenolic OH excluding ortho intramolecular Hbond substituents is 1. The summed E-state index contributed by atoms with van der Waals surface area (Å²) in [5, 5.41) is 20.5. The number of carbonyl (C=O) groups is 2. The van der Waals surface area contributed by atoms with Crippen LogP contribution in [-0.4, -0.2) is 44.5 Å². The molecular weight excluding hydrogens is 616 g/mol. The third-order valence-electron chi connectivity index (χ3n) is 7.20. The zero-order chi connectivity index (χ0) is 31.9. The highest BCUT2D eigenvalue weighted by Gasteiger charge is 2.39. The Morgan fingerprint density at radius 3 is 2.49 bits per heavy atom. The molecule has 1 atom stereocenters. The van der Waals surface area contributed by atoms with Gasteiger partial charge < -0.3 is 24.8 Å². The van der Waals surface area contributed by atoms with Crippen molar-refractivity contribution in [2.45, 2.75) is 43.1 Å². The molecule has 232 valence electrons. The standard InChI is InChI=1S/C32H31ClN6O5S/c1-32(2,3)27-17-28(39(36-27)20-7-11-25(40)23(33)15-20)35-29(41)34-18-19-5-8-21(9-6-19)44-22-10-12-26-24(16-22)37-13-14-38(30(37)45-26)31(42)43-4/h5-17,30,40H,18H2,1-4H3,(H2,34,35,41). The van der Waals surface area contributed by atoms with Crippen molar-refractivity contribution in [3.05, 3.63) is 95.4 Å². The molecule has 0 fully saturated rings. The number of ether oxygens (including phenoxy) is 2. The molecule has 3 aromatic carbocycles. The lowest BCUT2D eigenvalue weighted by Gasteiger charge is -2.23. The van der Waals surface area contributed by atoms with E-state index in [9.17, 15) is 14.7 Å². The number of halogens is 1. The van der Waals surface area contributed by atoms with E-state index in [2.05, 4.69) is 15.7 Å². The Balaban J connectivity index is 1.08. The SMILES string of the molecule is COC(=O)N1C=CN2c3cc(Oc4ccc(CNC(=O)Nc5cc(C(C)(C)C)nn5-c5ccc(O)c(Cl)c5)cc4)ccc3SC12. The molecule has 0 spiro atoms. The van der Waals surface area contributed by atoms with E-state index in [1.165, 1.54) is 13.2 Å². The fourth-order valence-corrected chi connectivity index (χ4v) is 6.19. The Morgan fingerprint density at radius 1 is 1.02 bits per heavy atom. The number of aromatic nitrogens is 2. The highest BCUT2D eigenvalue weighted by atomic mass is 35.5. The molecule has 2 aliphatic heterocycles. The van der Waals surface area contributed by atoms with Gasteiger partial charge in [-0.3, -0.25) is 10.2 Å². The van der Waals surface area contributed by atoms with Crippen molar-refractivity contribution in [3.8, 4) is 22.9 Å². The van der Waals surface area contributed by atoms with Crippen LogP contribution < -0.4 is 20.3 Å². The first-order valence-electron chi connectivity index (χ1n) is 14.0. The van der Waals surface area contributed by atoms with Crippen LogP contribution >= 0.6 is 23.4 Å². The van der Waals surface area contributed by atoms with Gasteiger partial charge in [0.25, 0.3) is 0 Å². The number of hydrogen-bond donors (Lipinski definition) is 3. The molecule has 1 unspecified atom stereocenters. The van der Waals surface area contributed by atoms with Crippen molar-refractivity contribution < 1.29 is 24.2 Å². The minimum atomic E-state index is -0.414.